The lowest BCUT2D eigenvalue weighted by Crippen LogP contribution is -2.41. The molecule has 1 aliphatic rings. The van der Waals surface area contributed by atoms with E-state index in [9.17, 15) is 9.18 Å². The molecule has 2 rings (SSSR count). The Balaban J connectivity index is 2.34. The van der Waals surface area contributed by atoms with Gasteiger partial charge in [0.1, 0.15) is 5.82 Å². The Hall–Kier alpha value is -1.66. The molecule has 112 valence electrons. The average molecular weight is 292 g/mol. The lowest BCUT2D eigenvalue weighted by Gasteiger charge is -2.32. The van der Waals surface area contributed by atoms with Gasteiger partial charge in [-0.2, -0.15) is 0 Å². The summed E-state index contributed by atoms with van der Waals surface area (Å²) in [6, 6.07) is 4.73. The Morgan fingerprint density at radius 3 is 2.33 bits per heavy atom. The van der Waals surface area contributed by atoms with E-state index in [4.69, 9.17) is 14.4 Å². The van der Waals surface area contributed by atoms with Gasteiger partial charge in [-0.3, -0.25) is 0 Å². The first kappa shape index (κ1) is 15.7. The molecule has 1 aromatic rings. The van der Waals surface area contributed by atoms with Crippen molar-refractivity contribution >= 4 is 24.6 Å². The molecule has 0 aromatic heterocycles. The number of halogens is 1. The van der Waals surface area contributed by atoms with E-state index in [1.807, 2.05) is 27.7 Å². The smallest absolute Gasteiger partial charge is 0.478 e. The maximum atomic E-state index is 14.5. The van der Waals surface area contributed by atoms with Crippen molar-refractivity contribution < 1.29 is 23.6 Å². The van der Waals surface area contributed by atoms with Crippen LogP contribution in [0.2, 0.25) is 0 Å². The van der Waals surface area contributed by atoms with Gasteiger partial charge in [-0.05, 0) is 33.8 Å². The molecule has 1 fully saturated rings. The molecule has 1 saturated heterocycles. The van der Waals surface area contributed by atoms with Crippen LogP contribution in [-0.4, -0.2) is 29.4 Å². The zero-order valence-electron chi connectivity index (χ0n) is 12.5. The van der Waals surface area contributed by atoms with Crippen molar-refractivity contribution in [3.63, 3.8) is 0 Å². The van der Waals surface area contributed by atoms with E-state index in [0.29, 0.717) is 0 Å². The highest BCUT2D eigenvalue weighted by Crippen LogP contribution is 2.36. The summed E-state index contributed by atoms with van der Waals surface area (Å²) in [6.07, 6.45) is 2.11. The zero-order valence-corrected chi connectivity index (χ0v) is 12.5. The first-order valence-corrected chi connectivity index (χ1v) is 6.69. The fourth-order valence-corrected chi connectivity index (χ4v) is 2.01. The summed E-state index contributed by atoms with van der Waals surface area (Å²) >= 11 is 0. The monoisotopic (exact) mass is 292 g/mol. The Labute approximate surface area is 123 Å². The average Bonchev–Trinajstić information content (AvgIpc) is 2.57. The molecule has 0 radical (unpaired) electrons. The minimum Gasteiger partial charge on any atom is -0.478 e. The molecule has 0 aliphatic carbocycles. The second-order valence-corrected chi connectivity index (χ2v) is 6.01. The van der Waals surface area contributed by atoms with Gasteiger partial charge in [0.15, 0.2) is 0 Å². The minimum atomic E-state index is -1.13. The highest BCUT2D eigenvalue weighted by molar-refractivity contribution is 6.62. The van der Waals surface area contributed by atoms with E-state index in [0.717, 1.165) is 6.08 Å². The van der Waals surface area contributed by atoms with Crippen molar-refractivity contribution in [3.8, 4) is 0 Å². The Kier molecular flexibility index (Phi) is 3.95. The maximum Gasteiger partial charge on any atom is 0.497 e. The van der Waals surface area contributed by atoms with E-state index in [2.05, 4.69) is 0 Å². The number of hydrogen-bond acceptors (Lipinski definition) is 3. The van der Waals surface area contributed by atoms with Gasteiger partial charge < -0.3 is 14.4 Å². The van der Waals surface area contributed by atoms with Crippen LogP contribution >= 0.6 is 0 Å². The summed E-state index contributed by atoms with van der Waals surface area (Å²) in [5.41, 5.74) is -0.667. The molecule has 0 saturated carbocycles. The number of rotatable bonds is 3. The van der Waals surface area contributed by atoms with E-state index < -0.39 is 30.1 Å². The predicted octanol–water partition coefficient (Wildman–Crippen LogP) is 2.22. The lowest BCUT2D eigenvalue weighted by atomic mass is 9.78. The van der Waals surface area contributed by atoms with Crippen LogP contribution in [0.5, 0.6) is 0 Å². The summed E-state index contributed by atoms with van der Waals surface area (Å²) in [5.74, 6) is -1.66. The first-order valence-electron chi connectivity index (χ1n) is 6.69. The highest BCUT2D eigenvalue weighted by Gasteiger charge is 2.52. The van der Waals surface area contributed by atoms with Crippen LogP contribution in [0.1, 0.15) is 33.3 Å². The summed E-state index contributed by atoms with van der Waals surface area (Å²) in [6.45, 7) is 7.55. The van der Waals surface area contributed by atoms with Crippen LogP contribution in [0, 0.1) is 5.82 Å². The molecule has 6 heteroatoms. The third-order valence-corrected chi connectivity index (χ3v) is 3.97. The predicted molar refractivity (Wildman–Crippen MR) is 78.8 cm³/mol. The normalized spacial score (nSPS) is 20.1. The summed E-state index contributed by atoms with van der Waals surface area (Å²) in [5, 5.41) is 8.63. The third-order valence-electron chi connectivity index (χ3n) is 3.97. The van der Waals surface area contributed by atoms with Crippen molar-refractivity contribution in [2.75, 3.05) is 0 Å². The molecule has 4 nitrogen and oxygen atoms in total. The van der Waals surface area contributed by atoms with Gasteiger partial charge >= 0.3 is 13.1 Å². The first-order chi connectivity index (χ1) is 9.64. The summed E-state index contributed by atoms with van der Waals surface area (Å²) < 4.78 is 26.1. The molecule has 0 spiro atoms. The quantitative estimate of drug-likeness (QED) is 0.685. The summed E-state index contributed by atoms with van der Waals surface area (Å²) in [7, 11) is -0.812. The molecule has 21 heavy (non-hydrogen) atoms. The number of aliphatic carboxylic acids is 1. The molecular formula is C15H18BFO4. The molecule has 0 atom stereocenters. The van der Waals surface area contributed by atoms with E-state index >= 15 is 0 Å². The van der Waals surface area contributed by atoms with Gasteiger partial charge in [0, 0.05) is 17.1 Å². The van der Waals surface area contributed by atoms with Crippen LogP contribution < -0.4 is 5.46 Å². The number of benzene rings is 1. The zero-order chi connectivity index (χ0) is 15.8. The second-order valence-electron chi connectivity index (χ2n) is 6.01. The van der Waals surface area contributed by atoms with E-state index in [1.54, 1.807) is 12.1 Å². The van der Waals surface area contributed by atoms with Gasteiger partial charge in [-0.15, -0.1) is 0 Å². The largest absolute Gasteiger partial charge is 0.497 e. The van der Waals surface area contributed by atoms with Gasteiger partial charge in [-0.25, -0.2) is 9.18 Å². The fraction of sp³-hybridized carbons (Fsp3) is 0.400. The minimum absolute atomic E-state index is 0.185. The molecule has 1 aliphatic heterocycles. The van der Waals surface area contributed by atoms with Crippen molar-refractivity contribution in [1.29, 1.82) is 0 Å². The molecule has 1 N–H and O–H groups in total. The van der Waals surface area contributed by atoms with Gasteiger partial charge in [0.25, 0.3) is 0 Å². The Bertz CT molecular complexity index is 579. The second kappa shape index (κ2) is 5.28. The number of hydrogen-bond donors (Lipinski definition) is 1. The molecule has 0 amide bonds. The van der Waals surface area contributed by atoms with Gasteiger partial charge in [-0.1, -0.05) is 18.2 Å². The fourth-order valence-electron chi connectivity index (χ4n) is 2.01. The van der Waals surface area contributed by atoms with Crippen molar-refractivity contribution in [2.24, 2.45) is 0 Å². The molecule has 0 unspecified atom stereocenters. The van der Waals surface area contributed by atoms with Crippen LogP contribution in [0.4, 0.5) is 4.39 Å². The highest BCUT2D eigenvalue weighted by atomic mass is 19.1. The Morgan fingerprint density at radius 2 is 1.81 bits per heavy atom. The van der Waals surface area contributed by atoms with Crippen LogP contribution in [-0.2, 0) is 14.1 Å². The van der Waals surface area contributed by atoms with Crippen LogP contribution in [0.15, 0.2) is 24.3 Å². The van der Waals surface area contributed by atoms with Gasteiger partial charge in [0.05, 0.1) is 11.2 Å². The lowest BCUT2D eigenvalue weighted by molar-refractivity contribution is -0.131. The van der Waals surface area contributed by atoms with Crippen molar-refractivity contribution in [1.82, 2.24) is 0 Å². The van der Waals surface area contributed by atoms with E-state index in [1.165, 1.54) is 12.1 Å². The topological polar surface area (TPSA) is 55.8 Å². The molecule has 1 heterocycles. The van der Waals surface area contributed by atoms with Crippen molar-refractivity contribution in [2.45, 2.75) is 38.9 Å². The third kappa shape index (κ3) is 3.01. The van der Waals surface area contributed by atoms with Gasteiger partial charge in [0.2, 0.25) is 0 Å². The molecule has 0 bridgehead atoms. The van der Waals surface area contributed by atoms with Crippen LogP contribution in [0.3, 0.4) is 0 Å². The summed E-state index contributed by atoms with van der Waals surface area (Å²) in [4.78, 5) is 10.5. The standard InChI is InChI=1S/C15H18BFO4/c1-14(2)15(3,4)21-16(20-14)11-7-5-6-10(13(11)17)8-9-12(18)19/h5-9H,1-4H3,(H,18,19)/b9-8+. The number of carbonyl (C=O) groups is 1. The SMILES string of the molecule is CC1(C)OB(c2cccc(/C=C/C(=O)O)c2F)OC1(C)C. The molecule has 1 aromatic carbocycles. The Morgan fingerprint density at radius 1 is 1.24 bits per heavy atom. The van der Waals surface area contributed by atoms with Crippen molar-refractivity contribution in [3.05, 3.63) is 35.7 Å². The van der Waals surface area contributed by atoms with Crippen LogP contribution in [0.25, 0.3) is 6.08 Å². The van der Waals surface area contributed by atoms with E-state index in [-0.39, 0.29) is 11.0 Å². The molecular weight excluding hydrogens is 274 g/mol. The number of carboxylic acids is 1. The maximum absolute atomic E-state index is 14.5. The number of carboxylic acid groups (broad SMARTS) is 1.